The molecule has 0 aromatic heterocycles. The van der Waals surface area contributed by atoms with Crippen LogP contribution in [0.5, 0.6) is 0 Å². The van der Waals surface area contributed by atoms with Crippen LogP contribution in [0.3, 0.4) is 0 Å². The zero-order valence-electron chi connectivity index (χ0n) is 17.8. The molecule has 0 bridgehead atoms. The molecule has 0 radical (unpaired) electrons. The molecule has 158 valence electrons. The van der Waals surface area contributed by atoms with Crippen molar-refractivity contribution in [1.82, 2.24) is 0 Å². The minimum atomic E-state index is -2.42. The van der Waals surface area contributed by atoms with Gasteiger partial charge in [0.25, 0.3) is 0 Å². The number of rotatable bonds is 6. The van der Waals surface area contributed by atoms with E-state index in [9.17, 15) is 9.90 Å². The summed E-state index contributed by atoms with van der Waals surface area (Å²) in [6.07, 6.45) is 1.69. The van der Waals surface area contributed by atoms with E-state index in [2.05, 4.69) is 36.4 Å². The molecule has 0 amide bonds. The van der Waals surface area contributed by atoms with Gasteiger partial charge in [-0.15, -0.1) is 0 Å². The van der Waals surface area contributed by atoms with Crippen molar-refractivity contribution in [2.75, 3.05) is 0 Å². The van der Waals surface area contributed by atoms with Crippen LogP contribution in [0.25, 0.3) is 6.08 Å². The first-order chi connectivity index (χ1) is 15.6. The van der Waals surface area contributed by atoms with Crippen LogP contribution in [0.4, 0.5) is 5.69 Å². The van der Waals surface area contributed by atoms with Gasteiger partial charge in [-0.05, 0) is 19.1 Å². The largest absolute Gasteiger partial charge is 0.478 e. The Morgan fingerprint density at radius 1 is 0.688 bits per heavy atom. The molecule has 0 aliphatic carbocycles. The predicted octanol–water partition coefficient (Wildman–Crippen LogP) is 5.98. The second-order valence-corrected chi connectivity index (χ2v) is 10.5. The van der Waals surface area contributed by atoms with Gasteiger partial charge in [-0.25, -0.2) is 4.79 Å². The quantitative estimate of drug-likeness (QED) is 0.298. The highest BCUT2D eigenvalue weighted by atomic mass is 31.2. The van der Waals surface area contributed by atoms with Crippen LogP contribution in [-0.2, 0) is 4.79 Å². The van der Waals surface area contributed by atoms with Gasteiger partial charge in [0.15, 0.2) is 0 Å². The van der Waals surface area contributed by atoms with Gasteiger partial charge < -0.3 is 5.11 Å². The highest BCUT2D eigenvalue weighted by Crippen LogP contribution is 2.49. The Kier molecular flexibility index (Phi) is 6.49. The van der Waals surface area contributed by atoms with Gasteiger partial charge >= 0.3 is 5.97 Å². The predicted molar refractivity (Wildman–Crippen MR) is 135 cm³/mol. The Morgan fingerprint density at radius 3 is 1.53 bits per heavy atom. The Morgan fingerprint density at radius 2 is 1.09 bits per heavy atom. The molecule has 4 aromatic carbocycles. The molecular weight excluding hydrogens is 413 g/mol. The monoisotopic (exact) mass is 437 g/mol. The number of carboxylic acid groups (broad SMARTS) is 1. The molecule has 4 rings (SSSR count). The zero-order chi connectivity index (χ0) is 22.4. The maximum absolute atomic E-state index is 11.5. The molecule has 0 saturated heterocycles. The van der Waals surface area contributed by atoms with Gasteiger partial charge in [-0.2, -0.15) is 0 Å². The molecule has 1 N–H and O–H groups in total. The second kappa shape index (κ2) is 9.64. The summed E-state index contributed by atoms with van der Waals surface area (Å²) in [6.45, 7) is 1.60. The van der Waals surface area contributed by atoms with Crippen LogP contribution >= 0.6 is 7.05 Å². The lowest BCUT2D eigenvalue weighted by molar-refractivity contribution is -0.132. The van der Waals surface area contributed by atoms with E-state index >= 15 is 0 Å². The summed E-state index contributed by atoms with van der Waals surface area (Å²) in [7, 11) is -2.42. The lowest BCUT2D eigenvalue weighted by Crippen LogP contribution is -2.25. The van der Waals surface area contributed by atoms with Gasteiger partial charge in [-0.3, -0.25) is 4.74 Å². The Labute approximate surface area is 188 Å². The van der Waals surface area contributed by atoms with E-state index in [-0.39, 0.29) is 5.57 Å². The number of nitrogens with zero attached hydrogens (tertiary/aromatic N) is 1. The SMILES string of the molecule is CC(=Cc1ccccc1N=P(c1ccccc1)(c1ccccc1)c1ccccc1)C(=O)O. The third-order valence-corrected chi connectivity index (χ3v) is 8.95. The fraction of sp³-hybridized carbons (Fsp3) is 0.0357. The topological polar surface area (TPSA) is 49.7 Å². The summed E-state index contributed by atoms with van der Waals surface area (Å²) >= 11 is 0. The summed E-state index contributed by atoms with van der Waals surface area (Å²) in [5, 5.41) is 12.8. The Balaban J connectivity index is 2.12. The van der Waals surface area contributed by atoms with Gasteiger partial charge in [0, 0.05) is 27.1 Å². The summed E-state index contributed by atoms with van der Waals surface area (Å²) < 4.78 is 5.49. The number of benzene rings is 4. The normalized spacial score (nSPS) is 11.7. The molecule has 3 nitrogen and oxygen atoms in total. The van der Waals surface area contributed by atoms with Crippen molar-refractivity contribution in [2.24, 2.45) is 4.74 Å². The standard InChI is InChI=1S/C28H24NO2P/c1-22(28(30)31)21-23-13-11-12-20-27(23)29-32(24-14-5-2-6-15-24,25-16-7-3-8-17-25)26-18-9-4-10-19-26/h2-21H,1H3,(H,30,31). The second-order valence-electron chi connectivity index (χ2n) is 7.43. The summed E-state index contributed by atoms with van der Waals surface area (Å²) in [5.41, 5.74) is 1.84. The summed E-state index contributed by atoms with van der Waals surface area (Å²) in [6, 6.07) is 38.9. The number of carboxylic acids is 1. The molecule has 0 heterocycles. The van der Waals surface area contributed by atoms with Crippen molar-refractivity contribution in [3.8, 4) is 0 Å². The van der Waals surface area contributed by atoms with Crippen LogP contribution < -0.4 is 15.9 Å². The first-order valence-electron chi connectivity index (χ1n) is 10.4. The molecule has 0 aliphatic rings. The van der Waals surface area contributed by atoms with Crippen molar-refractivity contribution in [1.29, 1.82) is 0 Å². The summed E-state index contributed by atoms with van der Waals surface area (Å²) in [5.74, 6) is -0.935. The summed E-state index contributed by atoms with van der Waals surface area (Å²) in [4.78, 5) is 11.5. The van der Waals surface area contributed by atoms with Gasteiger partial charge in [-0.1, -0.05) is 109 Å². The van der Waals surface area contributed by atoms with Gasteiger partial charge in [0.2, 0.25) is 0 Å². The average molecular weight is 437 g/mol. The first-order valence-corrected chi connectivity index (χ1v) is 12.2. The molecule has 4 heteroatoms. The van der Waals surface area contributed by atoms with E-state index in [0.29, 0.717) is 0 Å². The molecular formula is C28H24NO2P. The Bertz CT molecular complexity index is 1190. The number of aliphatic carboxylic acids is 1. The molecule has 32 heavy (non-hydrogen) atoms. The minimum Gasteiger partial charge on any atom is -0.478 e. The fourth-order valence-corrected chi connectivity index (χ4v) is 7.27. The molecule has 0 atom stereocenters. The smallest absolute Gasteiger partial charge is 0.331 e. The third-order valence-electron chi connectivity index (χ3n) is 5.29. The van der Waals surface area contributed by atoms with Crippen molar-refractivity contribution < 1.29 is 9.90 Å². The molecule has 0 saturated carbocycles. The first kappa shape index (κ1) is 21.5. The molecule has 0 unspecified atom stereocenters. The molecule has 0 fully saturated rings. The van der Waals surface area contributed by atoms with Crippen LogP contribution in [-0.4, -0.2) is 11.1 Å². The van der Waals surface area contributed by atoms with E-state index in [1.54, 1.807) is 13.0 Å². The number of carbonyl (C=O) groups is 1. The maximum Gasteiger partial charge on any atom is 0.331 e. The molecule has 0 aliphatic heterocycles. The zero-order valence-corrected chi connectivity index (χ0v) is 18.7. The highest BCUT2D eigenvalue weighted by Gasteiger charge is 2.27. The lowest BCUT2D eigenvalue weighted by Gasteiger charge is -2.27. The van der Waals surface area contributed by atoms with E-state index in [1.165, 1.54) is 0 Å². The van der Waals surface area contributed by atoms with Crippen molar-refractivity contribution in [3.63, 3.8) is 0 Å². The highest BCUT2D eigenvalue weighted by molar-refractivity contribution is 7.87. The maximum atomic E-state index is 11.5. The average Bonchev–Trinajstić information content (AvgIpc) is 2.85. The van der Waals surface area contributed by atoms with Crippen LogP contribution in [0, 0.1) is 0 Å². The lowest BCUT2D eigenvalue weighted by atomic mass is 10.1. The third kappa shape index (κ3) is 4.34. The van der Waals surface area contributed by atoms with E-state index in [0.717, 1.165) is 27.2 Å². The molecule has 4 aromatic rings. The van der Waals surface area contributed by atoms with Crippen LogP contribution in [0.1, 0.15) is 12.5 Å². The van der Waals surface area contributed by atoms with E-state index < -0.39 is 13.0 Å². The van der Waals surface area contributed by atoms with Crippen molar-refractivity contribution in [3.05, 3.63) is 126 Å². The number of hydrogen-bond acceptors (Lipinski definition) is 2. The molecule has 0 spiro atoms. The van der Waals surface area contributed by atoms with Crippen LogP contribution in [0.2, 0.25) is 0 Å². The fourth-order valence-electron chi connectivity index (χ4n) is 3.71. The number of hydrogen-bond donors (Lipinski definition) is 1. The van der Waals surface area contributed by atoms with Crippen LogP contribution in [0.15, 0.2) is 126 Å². The van der Waals surface area contributed by atoms with E-state index in [4.69, 9.17) is 4.74 Å². The van der Waals surface area contributed by atoms with Gasteiger partial charge in [0.05, 0.1) is 12.7 Å². The van der Waals surface area contributed by atoms with Gasteiger partial charge in [0.1, 0.15) is 0 Å². The van der Waals surface area contributed by atoms with Crippen molar-refractivity contribution in [2.45, 2.75) is 6.92 Å². The Hall–Kier alpha value is -3.68. The van der Waals surface area contributed by atoms with E-state index in [1.807, 2.05) is 78.9 Å². The van der Waals surface area contributed by atoms with Crippen molar-refractivity contribution >= 4 is 40.7 Å². The minimum absolute atomic E-state index is 0.274.